The fourth-order valence-electron chi connectivity index (χ4n) is 2.59. The molecule has 0 bridgehead atoms. The summed E-state index contributed by atoms with van der Waals surface area (Å²) in [5.41, 5.74) is 0.385. The van der Waals surface area contributed by atoms with Crippen LogP contribution in [-0.4, -0.2) is 41.2 Å². The number of ether oxygens (including phenoxy) is 1. The molecule has 154 valence electrons. The van der Waals surface area contributed by atoms with Crippen LogP contribution in [0.25, 0.3) is 0 Å². The molecule has 0 saturated carbocycles. The fourth-order valence-corrected chi connectivity index (χ4v) is 2.59. The maximum Gasteiger partial charge on any atom is 0.261 e. The number of Topliss-reactive ketones (excluding diaryl/α,β-unsaturated/α-hetero) is 1. The number of ketones is 1. The van der Waals surface area contributed by atoms with Crippen LogP contribution in [0.2, 0.25) is 0 Å². The van der Waals surface area contributed by atoms with E-state index in [0.29, 0.717) is 17.0 Å². The lowest BCUT2D eigenvalue weighted by atomic mass is 10.1. The molecule has 0 fully saturated rings. The van der Waals surface area contributed by atoms with E-state index in [9.17, 15) is 18.8 Å². The smallest absolute Gasteiger partial charge is 0.261 e. The Morgan fingerprint density at radius 1 is 1.00 bits per heavy atom. The lowest BCUT2D eigenvalue weighted by Crippen LogP contribution is -2.51. The molecular weight excluding hydrogens is 375 g/mol. The first-order chi connectivity index (χ1) is 13.6. The van der Waals surface area contributed by atoms with Crippen molar-refractivity contribution in [2.45, 2.75) is 33.2 Å². The summed E-state index contributed by atoms with van der Waals surface area (Å²) in [7, 11) is 0. The van der Waals surface area contributed by atoms with Gasteiger partial charge >= 0.3 is 0 Å². The van der Waals surface area contributed by atoms with Crippen molar-refractivity contribution in [1.29, 1.82) is 0 Å². The maximum atomic E-state index is 13.0. The number of nitrogens with zero attached hydrogens (tertiary/aromatic N) is 1. The highest BCUT2D eigenvalue weighted by Crippen LogP contribution is 2.17. The lowest BCUT2D eigenvalue weighted by molar-refractivity contribution is -0.141. The quantitative estimate of drug-likeness (QED) is 0.720. The van der Waals surface area contributed by atoms with Gasteiger partial charge in [0.25, 0.3) is 5.91 Å². The molecule has 0 radical (unpaired) electrons. The fraction of sp³-hybridized carbons (Fsp3) is 0.318. The Labute approximate surface area is 169 Å². The first-order valence-corrected chi connectivity index (χ1v) is 9.16. The maximum absolute atomic E-state index is 13.0. The van der Waals surface area contributed by atoms with Gasteiger partial charge in [0.15, 0.2) is 12.4 Å². The molecule has 6 nitrogen and oxygen atoms in total. The van der Waals surface area contributed by atoms with E-state index < -0.39 is 17.3 Å². The number of hydrogen-bond donors (Lipinski definition) is 1. The van der Waals surface area contributed by atoms with Gasteiger partial charge in [0.1, 0.15) is 18.1 Å². The number of carbonyl (C=O) groups is 3. The summed E-state index contributed by atoms with van der Waals surface area (Å²) < 4.78 is 18.5. The number of benzene rings is 2. The van der Waals surface area contributed by atoms with Gasteiger partial charge in [0.05, 0.1) is 0 Å². The first kappa shape index (κ1) is 22.1. The zero-order valence-electron chi connectivity index (χ0n) is 17.0. The summed E-state index contributed by atoms with van der Waals surface area (Å²) in [4.78, 5) is 37.8. The number of amides is 2. The Balaban J connectivity index is 1.99. The molecule has 2 aromatic carbocycles. The highest BCUT2D eigenvalue weighted by atomic mass is 19.1. The van der Waals surface area contributed by atoms with E-state index in [0.717, 1.165) is 0 Å². The number of halogens is 1. The van der Waals surface area contributed by atoms with Crippen molar-refractivity contribution in [1.82, 2.24) is 4.90 Å². The Morgan fingerprint density at radius 2 is 1.59 bits per heavy atom. The van der Waals surface area contributed by atoms with Gasteiger partial charge in [0.2, 0.25) is 5.91 Å². The Bertz CT molecular complexity index is 871. The average Bonchev–Trinajstić information content (AvgIpc) is 2.65. The van der Waals surface area contributed by atoms with Crippen molar-refractivity contribution >= 4 is 23.3 Å². The van der Waals surface area contributed by atoms with Crippen molar-refractivity contribution in [3.05, 3.63) is 59.9 Å². The van der Waals surface area contributed by atoms with Crippen LogP contribution < -0.4 is 10.1 Å². The normalized spacial score (nSPS) is 10.9. The Hall–Kier alpha value is -3.22. The number of hydrogen-bond acceptors (Lipinski definition) is 4. The van der Waals surface area contributed by atoms with E-state index >= 15 is 0 Å². The van der Waals surface area contributed by atoms with Crippen molar-refractivity contribution in [2.75, 3.05) is 18.5 Å². The van der Waals surface area contributed by atoms with Crippen molar-refractivity contribution in [2.24, 2.45) is 0 Å². The molecule has 0 atom stereocenters. The van der Waals surface area contributed by atoms with Gasteiger partial charge in [-0.25, -0.2) is 4.39 Å². The zero-order chi connectivity index (χ0) is 21.6. The van der Waals surface area contributed by atoms with Gasteiger partial charge in [-0.3, -0.25) is 14.4 Å². The molecule has 0 aliphatic heterocycles. The highest BCUT2D eigenvalue weighted by molar-refractivity contribution is 5.95. The van der Waals surface area contributed by atoms with Crippen molar-refractivity contribution < 1.29 is 23.5 Å². The van der Waals surface area contributed by atoms with Gasteiger partial charge in [0, 0.05) is 16.8 Å². The second-order valence-electron chi connectivity index (χ2n) is 7.58. The molecule has 0 aromatic heterocycles. The van der Waals surface area contributed by atoms with Crippen LogP contribution in [0.3, 0.4) is 0 Å². The lowest BCUT2D eigenvalue weighted by Gasteiger charge is -2.35. The van der Waals surface area contributed by atoms with E-state index in [4.69, 9.17) is 4.74 Å². The molecule has 0 saturated heterocycles. The number of rotatable bonds is 7. The summed E-state index contributed by atoms with van der Waals surface area (Å²) in [6, 6.07) is 11.9. The van der Waals surface area contributed by atoms with Crippen LogP contribution in [0.5, 0.6) is 5.75 Å². The number of carbonyl (C=O) groups excluding carboxylic acids is 3. The van der Waals surface area contributed by atoms with E-state index in [-0.39, 0.29) is 24.8 Å². The Morgan fingerprint density at radius 3 is 2.10 bits per heavy atom. The van der Waals surface area contributed by atoms with Crippen molar-refractivity contribution in [3.63, 3.8) is 0 Å². The van der Waals surface area contributed by atoms with E-state index in [1.807, 2.05) is 20.8 Å². The molecule has 2 rings (SSSR count). The van der Waals surface area contributed by atoms with Gasteiger partial charge in [-0.2, -0.15) is 0 Å². The SMILES string of the molecule is CC(=O)c1ccc(OCC(=O)N(CC(=O)Nc2ccc(F)cc2)C(C)(C)C)cc1. The van der Waals surface area contributed by atoms with Gasteiger partial charge in [-0.1, -0.05) is 0 Å². The topological polar surface area (TPSA) is 75.7 Å². The molecule has 0 heterocycles. The predicted octanol–water partition coefficient (Wildman–Crippen LogP) is 3.67. The number of nitrogens with one attached hydrogen (secondary N) is 1. The van der Waals surface area contributed by atoms with Crippen molar-refractivity contribution in [3.8, 4) is 5.75 Å². The van der Waals surface area contributed by atoms with E-state index in [1.54, 1.807) is 24.3 Å². The second kappa shape index (κ2) is 9.32. The standard InChI is InChI=1S/C22H25FN2O4/c1-15(26)16-5-11-19(12-6-16)29-14-21(28)25(22(2,3)4)13-20(27)24-18-9-7-17(23)8-10-18/h5-12H,13-14H2,1-4H3,(H,24,27). The molecule has 0 aliphatic rings. The third-order valence-corrected chi connectivity index (χ3v) is 4.16. The molecule has 29 heavy (non-hydrogen) atoms. The summed E-state index contributed by atoms with van der Waals surface area (Å²) >= 11 is 0. The molecule has 2 aromatic rings. The minimum Gasteiger partial charge on any atom is -0.484 e. The minimum atomic E-state index is -0.612. The monoisotopic (exact) mass is 400 g/mol. The molecule has 0 aliphatic carbocycles. The van der Waals surface area contributed by atoms with Crippen LogP contribution >= 0.6 is 0 Å². The second-order valence-corrected chi connectivity index (χ2v) is 7.58. The summed E-state index contributed by atoms with van der Waals surface area (Å²) in [5, 5.41) is 2.64. The summed E-state index contributed by atoms with van der Waals surface area (Å²) in [6.45, 7) is 6.50. The minimum absolute atomic E-state index is 0.0568. The number of anilines is 1. The van der Waals surface area contributed by atoms with Crippen LogP contribution in [0.1, 0.15) is 38.1 Å². The predicted molar refractivity (Wildman–Crippen MR) is 108 cm³/mol. The molecule has 7 heteroatoms. The molecule has 0 spiro atoms. The van der Waals surface area contributed by atoms with Gasteiger partial charge in [-0.15, -0.1) is 0 Å². The highest BCUT2D eigenvalue weighted by Gasteiger charge is 2.28. The molecule has 0 unspecified atom stereocenters. The van der Waals surface area contributed by atoms with Crippen LogP contribution in [0.4, 0.5) is 10.1 Å². The summed E-state index contributed by atoms with van der Waals surface area (Å²) in [5.74, 6) is -0.761. The van der Waals surface area contributed by atoms with Crippen LogP contribution in [-0.2, 0) is 9.59 Å². The van der Waals surface area contributed by atoms with Gasteiger partial charge in [-0.05, 0) is 76.2 Å². The van der Waals surface area contributed by atoms with E-state index in [2.05, 4.69) is 5.32 Å². The van der Waals surface area contributed by atoms with Crippen LogP contribution in [0.15, 0.2) is 48.5 Å². The zero-order valence-corrected chi connectivity index (χ0v) is 17.0. The first-order valence-electron chi connectivity index (χ1n) is 9.16. The average molecular weight is 400 g/mol. The third-order valence-electron chi connectivity index (χ3n) is 4.16. The Kier molecular flexibility index (Phi) is 7.09. The van der Waals surface area contributed by atoms with Gasteiger partial charge < -0.3 is 15.0 Å². The third kappa shape index (κ3) is 6.71. The summed E-state index contributed by atoms with van der Waals surface area (Å²) in [6.07, 6.45) is 0. The molecule has 2 amide bonds. The molecular formula is C22H25FN2O4. The van der Waals surface area contributed by atoms with E-state index in [1.165, 1.54) is 36.1 Å². The molecule has 1 N–H and O–H groups in total. The largest absolute Gasteiger partial charge is 0.484 e. The van der Waals surface area contributed by atoms with Crippen LogP contribution in [0, 0.1) is 5.82 Å².